The van der Waals surface area contributed by atoms with Crippen molar-refractivity contribution >= 4 is 5.82 Å². The highest BCUT2D eigenvalue weighted by atomic mass is 15.2. The molecule has 4 nitrogen and oxygen atoms in total. The topological polar surface area (TPSA) is 55.0 Å². The molecule has 2 heterocycles. The first-order valence-corrected chi connectivity index (χ1v) is 6.24. The number of nitrogens with two attached hydrogens (primary N) is 1. The first-order valence-electron chi connectivity index (χ1n) is 6.24. The van der Waals surface area contributed by atoms with Crippen molar-refractivity contribution < 1.29 is 0 Å². The minimum atomic E-state index is 0.404. The van der Waals surface area contributed by atoms with E-state index in [2.05, 4.69) is 35.6 Å². The summed E-state index contributed by atoms with van der Waals surface area (Å²) in [4.78, 5) is 10.8. The Hall–Kier alpha value is -1.16. The van der Waals surface area contributed by atoms with Crippen LogP contribution in [0.1, 0.15) is 32.9 Å². The van der Waals surface area contributed by atoms with Crippen LogP contribution in [-0.4, -0.2) is 28.0 Å². The number of anilines is 1. The Kier molecular flexibility index (Phi) is 3.33. The number of nitrogen functional groups attached to an aromatic ring is 1. The molecule has 1 aliphatic rings. The van der Waals surface area contributed by atoms with Crippen LogP contribution in [0.5, 0.6) is 0 Å². The standard InChI is InChI=1S/C13H22N4/c1-13(2,3)10-4-5-17(8-10)9-11-6-16-12(14)7-15-11/h6-7,10H,4-5,8-9H2,1-3H3,(H2,14,16). The van der Waals surface area contributed by atoms with E-state index in [-0.39, 0.29) is 0 Å². The van der Waals surface area contributed by atoms with E-state index in [1.807, 2.05) is 0 Å². The van der Waals surface area contributed by atoms with Crippen LogP contribution in [-0.2, 0) is 6.54 Å². The number of nitrogens with zero attached hydrogens (tertiary/aromatic N) is 3. The number of hydrogen-bond donors (Lipinski definition) is 1. The van der Waals surface area contributed by atoms with Gasteiger partial charge in [-0.2, -0.15) is 0 Å². The molecule has 1 aromatic rings. The molecule has 0 amide bonds. The SMILES string of the molecule is CC(C)(C)C1CCN(Cc2cnc(N)cn2)C1. The predicted octanol–water partition coefficient (Wildman–Crippen LogP) is 1.93. The third kappa shape index (κ3) is 3.16. The van der Waals surface area contributed by atoms with Crippen molar-refractivity contribution in [2.24, 2.45) is 11.3 Å². The highest BCUT2D eigenvalue weighted by molar-refractivity contribution is 5.22. The van der Waals surface area contributed by atoms with Crippen molar-refractivity contribution in [3.05, 3.63) is 18.1 Å². The molecule has 17 heavy (non-hydrogen) atoms. The number of aromatic nitrogens is 2. The molecule has 1 unspecified atom stereocenters. The lowest BCUT2D eigenvalue weighted by Gasteiger charge is -2.27. The van der Waals surface area contributed by atoms with Crippen LogP contribution in [0, 0.1) is 11.3 Å². The van der Waals surface area contributed by atoms with Crippen molar-refractivity contribution in [1.29, 1.82) is 0 Å². The van der Waals surface area contributed by atoms with Gasteiger partial charge in [0.2, 0.25) is 0 Å². The van der Waals surface area contributed by atoms with E-state index < -0.39 is 0 Å². The van der Waals surface area contributed by atoms with Gasteiger partial charge in [-0.05, 0) is 24.3 Å². The molecule has 1 fully saturated rings. The maximum atomic E-state index is 5.53. The van der Waals surface area contributed by atoms with Gasteiger partial charge in [0.15, 0.2) is 0 Å². The van der Waals surface area contributed by atoms with E-state index in [0.29, 0.717) is 11.2 Å². The van der Waals surface area contributed by atoms with Crippen molar-refractivity contribution in [3.63, 3.8) is 0 Å². The second-order valence-corrected chi connectivity index (χ2v) is 6.02. The molecule has 4 heteroatoms. The van der Waals surface area contributed by atoms with Crippen LogP contribution in [0.4, 0.5) is 5.82 Å². The van der Waals surface area contributed by atoms with Gasteiger partial charge in [-0.3, -0.25) is 9.88 Å². The van der Waals surface area contributed by atoms with Gasteiger partial charge in [0.05, 0.1) is 18.1 Å². The summed E-state index contributed by atoms with van der Waals surface area (Å²) in [5, 5.41) is 0. The molecule has 0 bridgehead atoms. The lowest BCUT2D eigenvalue weighted by Crippen LogP contribution is -2.26. The molecule has 94 valence electrons. The molecule has 2 N–H and O–H groups in total. The summed E-state index contributed by atoms with van der Waals surface area (Å²) in [6.45, 7) is 10.2. The number of likely N-dealkylation sites (tertiary alicyclic amines) is 1. The molecule has 1 saturated heterocycles. The van der Waals surface area contributed by atoms with Gasteiger partial charge in [0.25, 0.3) is 0 Å². The minimum Gasteiger partial charge on any atom is -0.382 e. The zero-order valence-corrected chi connectivity index (χ0v) is 11.0. The largest absolute Gasteiger partial charge is 0.382 e. The molecular weight excluding hydrogens is 212 g/mol. The highest BCUT2D eigenvalue weighted by Gasteiger charge is 2.31. The Balaban J connectivity index is 1.92. The lowest BCUT2D eigenvalue weighted by atomic mass is 9.80. The van der Waals surface area contributed by atoms with Gasteiger partial charge in [-0.25, -0.2) is 4.98 Å². The van der Waals surface area contributed by atoms with Gasteiger partial charge in [-0.1, -0.05) is 20.8 Å². The van der Waals surface area contributed by atoms with Crippen LogP contribution in [0.2, 0.25) is 0 Å². The minimum absolute atomic E-state index is 0.404. The van der Waals surface area contributed by atoms with Crippen molar-refractivity contribution in [2.75, 3.05) is 18.8 Å². The third-order valence-corrected chi connectivity index (χ3v) is 3.61. The summed E-state index contributed by atoms with van der Waals surface area (Å²) in [5.41, 5.74) is 6.94. The van der Waals surface area contributed by atoms with Crippen molar-refractivity contribution in [2.45, 2.75) is 33.7 Å². The zero-order chi connectivity index (χ0) is 12.5. The Bertz CT molecular complexity index is 366. The van der Waals surface area contributed by atoms with E-state index in [1.165, 1.54) is 6.42 Å². The van der Waals surface area contributed by atoms with Crippen LogP contribution in [0.15, 0.2) is 12.4 Å². The van der Waals surface area contributed by atoms with E-state index in [1.54, 1.807) is 12.4 Å². The Labute approximate surface area is 103 Å². The number of rotatable bonds is 2. The fourth-order valence-electron chi connectivity index (χ4n) is 2.36. The average molecular weight is 234 g/mol. The van der Waals surface area contributed by atoms with Gasteiger partial charge < -0.3 is 5.73 Å². The van der Waals surface area contributed by atoms with Gasteiger partial charge >= 0.3 is 0 Å². The normalized spacial score (nSPS) is 21.9. The predicted molar refractivity (Wildman–Crippen MR) is 69.3 cm³/mol. The van der Waals surface area contributed by atoms with E-state index in [0.717, 1.165) is 31.2 Å². The summed E-state index contributed by atoms with van der Waals surface area (Å²) in [5.74, 6) is 1.27. The zero-order valence-electron chi connectivity index (χ0n) is 11.0. The summed E-state index contributed by atoms with van der Waals surface area (Å²) in [7, 11) is 0. The first kappa shape index (κ1) is 12.3. The maximum Gasteiger partial charge on any atom is 0.141 e. The molecular formula is C13H22N4. The smallest absolute Gasteiger partial charge is 0.141 e. The number of hydrogen-bond acceptors (Lipinski definition) is 4. The fraction of sp³-hybridized carbons (Fsp3) is 0.692. The molecule has 0 aliphatic carbocycles. The first-order chi connectivity index (χ1) is 7.95. The molecule has 0 aromatic carbocycles. The summed E-state index contributed by atoms with van der Waals surface area (Å²) < 4.78 is 0. The third-order valence-electron chi connectivity index (χ3n) is 3.61. The van der Waals surface area contributed by atoms with Crippen LogP contribution < -0.4 is 5.73 Å². The highest BCUT2D eigenvalue weighted by Crippen LogP contribution is 2.33. The van der Waals surface area contributed by atoms with Crippen molar-refractivity contribution in [1.82, 2.24) is 14.9 Å². The molecule has 1 aliphatic heterocycles. The van der Waals surface area contributed by atoms with Crippen LogP contribution in [0.25, 0.3) is 0 Å². The van der Waals surface area contributed by atoms with Gasteiger partial charge in [0.1, 0.15) is 5.82 Å². The fourth-order valence-corrected chi connectivity index (χ4v) is 2.36. The average Bonchev–Trinajstić information content (AvgIpc) is 2.69. The second-order valence-electron chi connectivity index (χ2n) is 6.02. The second kappa shape index (κ2) is 4.61. The quantitative estimate of drug-likeness (QED) is 0.849. The molecule has 0 spiro atoms. The van der Waals surface area contributed by atoms with Crippen LogP contribution >= 0.6 is 0 Å². The Morgan fingerprint density at radius 2 is 2.12 bits per heavy atom. The summed E-state index contributed by atoms with van der Waals surface area (Å²) in [6.07, 6.45) is 4.69. The maximum absolute atomic E-state index is 5.53. The summed E-state index contributed by atoms with van der Waals surface area (Å²) >= 11 is 0. The molecule has 1 atom stereocenters. The Morgan fingerprint density at radius 3 is 2.65 bits per heavy atom. The van der Waals surface area contributed by atoms with E-state index in [4.69, 9.17) is 5.73 Å². The van der Waals surface area contributed by atoms with E-state index in [9.17, 15) is 0 Å². The molecule has 0 radical (unpaired) electrons. The van der Waals surface area contributed by atoms with Crippen LogP contribution in [0.3, 0.4) is 0 Å². The van der Waals surface area contributed by atoms with E-state index >= 15 is 0 Å². The molecule has 1 aromatic heterocycles. The van der Waals surface area contributed by atoms with Crippen molar-refractivity contribution in [3.8, 4) is 0 Å². The lowest BCUT2D eigenvalue weighted by molar-refractivity contribution is 0.225. The van der Waals surface area contributed by atoms with Gasteiger partial charge in [0, 0.05) is 13.1 Å². The summed E-state index contributed by atoms with van der Waals surface area (Å²) in [6, 6.07) is 0. The molecule has 2 rings (SSSR count). The monoisotopic (exact) mass is 234 g/mol. The Morgan fingerprint density at radius 1 is 1.35 bits per heavy atom. The molecule has 0 saturated carbocycles. The van der Waals surface area contributed by atoms with Gasteiger partial charge in [-0.15, -0.1) is 0 Å².